The molecule has 0 radical (unpaired) electrons. The van der Waals surface area contributed by atoms with Crippen LogP contribution in [0.25, 0.3) is 11.5 Å². The lowest BCUT2D eigenvalue weighted by atomic mass is 10.2. The van der Waals surface area contributed by atoms with Crippen LogP contribution in [0.2, 0.25) is 5.02 Å². The molecular weight excluding hydrogens is 288 g/mol. The molecule has 0 aliphatic carbocycles. The molecule has 2 aromatic heterocycles. The van der Waals surface area contributed by atoms with Gasteiger partial charge in [0.1, 0.15) is 11.5 Å². The van der Waals surface area contributed by atoms with E-state index in [2.05, 4.69) is 33.9 Å². The Kier molecular flexibility index (Phi) is 3.75. The van der Waals surface area contributed by atoms with E-state index in [9.17, 15) is 0 Å². The van der Waals surface area contributed by atoms with E-state index >= 15 is 0 Å². The first kappa shape index (κ1) is 14.5. The summed E-state index contributed by atoms with van der Waals surface area (Å²) in [7, 11) is 1.87. The predicted octanol–water partition coefficient (Wildman–Crippen LogP) is 2.25. The van der Waals surface area contributed by atoms with E-state index in [-0.39, 0.29) is 0 Å². The van der Waals surface area contributed by atoms with E-state index in [4.69, 9.17) is 11.6 Å². The molecule has 0 spiro atoms. The molecule has 0 saturated heterocycles. The maximum absolute atomic E-state index is 6.61. The van der Waals surface area contributed by atoms with Crippen LogP contribution in [0, 0.1) is 6.92 Å². The Hall–Kier alpha value is -1.40. The second kappa shape index (κ2) is 5.42. The van der Waals surface area contributed by atoms with E-state index in [0.29, 0.717) is 11.1 Å². The molecule has 0 bridgehead atoms. The lowest BCUT2D eigenvalue weighted by Crippen LogP contribution is -2.30. The van der Waals surface area contributed by atoms with Gasteiger partial charge in [-0.05, 0) is 27.2 Å². The second-order valence-electron chi connectivity index (χ2n) is 5.86. The molecule has 0 saturated carbocycles. The molecule has 0 aromatic carbocycles. The average molecular weight is 309 g/mol. The number of hydrogen-bond donors (Lipinski definition) is 0. The summed E-state index contributed by atoms with van der Waals surface area (Å²) < 4.78 is 3.77. The second-order valence-corrected chi connectivity index (χ2v) is 6.23. The number of rotatable bonds is 2. The monoisotopic (exact) mass is 308 g/mol. The van der Waals surface area contributed by atoms with Crippen molar-refractivity contribution in [1.82, 2.24) is 29.4 Å². The standard InChI is InChI=1S/C14H21ClN6/c1-9(2)20-6-5-7-21-11(8-20)12(15)13(18-21)14-16-10(3)17-19(14)4/h9H,5-8H2,1-4H3. The van der Waals surface area contributed by atoms with E-state index in [1.165, 1.54) is 0 Å². The van der Waals surface area contributed by atoms with Crippen molar-refractivity contribution in [3.63, 3.8) is 0 Å². The Bertz CT molecular complexity index is 657. The Morgan fingerprint density at radius 1 is 1.19 bits per heavy atom. The van der Waals surface area contributed by atoms with Gasteiger partial charge in [-0.1, -0.05) is 11.6 Å². The van der Waals surface area contributed by atoms with Crippen LogP contribution in [0.3, 0.4) is 0 Å². The summed E-state index contributed by atoms with van der Waals surface area (Å²) in [5.41, 5.74) is 1.82. The highest BCUT2D eigenvalue weighted by Gasteiger charge is 2.25. The molecule has 2 aromatic rings. The highest BCUT2D eigenvalue weighted by Crippen LogP contribution is 2.31. The minimum atomic E-state index is 0.503. The quantitative estimate of drug-likeness (QED) is 0.854. The fraction of sp³-hybridized carbons (Fsp3) is 0.643. The van der Waals surface area contributed by atoms with Gasteiger partial charge in [0.05, 0.1) is 10.7 Å². The van der Waals surface area contributed by atoms with Crippen molar-refractivity contribution >= 4 is 11.6 Å². The molecule has 0 N–H and O–H groups in total. The summed E-state index contributed by atoms with van der Waals surface area (Å²) in [6, 6.07) is 0.503. The van der Waals surface area contributed by atoms with Gasteiger partial charge in [0.15, 0.2) is 5.82 Å². The highest BCUT2D eigenvalue weighted by molar-refractivity contribution is 6.33. The Balaban J connectivity index is 2.04. The van der Waals surface area contributed by atoms with Crippen LogP contribution < -0.4 is 0 Å². The van der Waals surface area contributed by atoms with Gasteiger partial charge >= 0.3 is 0 Å². The summed E-state index contributed by atoms with van der Waals surface area (Å²) >= 11 is 6.61. The normalized spacial score (nSPS) is 16.3. The number of aryl methyl sites for hydroxylation is 3. The predicted molar refractivity (Wildman–Crippen MR) is 82.1 cm³/mol. The first-order valence-electron chi connectivity index (χ1n) is 7.34. The number of hydrogen-bond acceptors (Lipinski definition) is 4. The molecular formula is C14H21ClN6. The molecule has 114 valence electrons. The van der Waals surface area contributed by atoms with E-state index in [0.717, 1.165) is 49.1 Å². The Morgan fingerprint density at radius 2 is 1.95 bits per heavy atom. The lowest BCUT2D eigenvalue weighted by molar-refractivity contribution is 0.216. The molecule has 6 nitrogen and oxygen atoms in total. The molecule has 1 aliphatic rings. The van der Waals surface area contributed by atoms with Crippen molar-refractivity contribution in [3.05, 3.63) is 16.5 Å². The van der Waals surface area contributed by atoms with Gasteiger partial charge in [0.2, 0.25) is 0 Å². The number of nitrogens with zero attached hydrogens (tertiary/aromatic N) is 6. The molecule has 0 fully saturated rings. The largest absolute Gasteiger partial charge is 0.295 e. The van der Waals surface area contributed by atoms with Crippen LogP contribution in [0.5, 0.6) is 0 Å². The Labute approximate surface area is 129 Å². The third-order valence-corrected chi connectivity index (χ3v) is 4.37. The Morgan fingerprint density at radius 3 is 2.57 bits per heavy atom. The van der Waals surface area contributed by atoms with Gasteiger partial charge in [-0.2, -0.15) is 10.2 Å². The van der Waals surface area contributed by atoms with E-state index < -0.39 is 0 Å². The zero-order valence-corrected chi connectivity index (χ0v) is 13.7. The first-order valence-corrected chi connectivity index (χ1v) is 7.72. The van der Waals surface area contributed by atoms with Gasteiger partial charge in [-0.25, -0.2) is 9.67 Å². The first-order chi connectivity index (χ1) is 9.97. The van der Waals surface area contributed by atoms with Crippen molar-refractivity contribution in [2.24, 2.45) is 7.05 Å². The van der Waals surface area contributed by atoms with Crippen molar-refractivity contribution in [3.8, 4) is 11.5 Å². The minimum absolute atomic E-state index is 0.503. The molecule has 0 unspecified atom stereocenters. The van der Waals surface area contributed by atoms with Gasteiger partial charge < -0.3 is 0 Å². The van der Waals surface area contributed by atoms with Crippen molar-refractivity contribution in [1.29, 1.82) is 0 Å². The molecule has 7 heteroatoms. The molecule has 3 rings (SSSR count). The van der Waals surface area contributed by atoms with Crippen LogP contribution >= 0.6 is 11.6 Å². The third kappa shape index (κ3) is 2.58. The highest BCUT2D eigenvalue weighted by atomic mass is 35.5. The molecule has 0 atom stereocenters. The summed E-state index contributed by atoms with van der Waals surface area (Å²) in [4.78, 5) is 6.87. The smallest absolute Gasteiger partial charge is 0.180 e. The van der Waals surface area contributed by atoms with Crippen LogP contribution in [0.15, 0.2) is 0 Å². The van der Waals surface area contributed by atoms with Crippen molar-refractivity contribution in [2.45, 2.75) is 46.3 Å². The summed E-state index contributed by atoms with van der Waals surface area (Å²) in [5, 5.41) is 9.67. The van der Waals surface area contributed by atoms with Gasteiger partial charge in [0, 0.05) is 32.7 Å². The number of halogens is 1. The van der Waals surface area contributed by atoms with Crippen LogP contribution in [0.4, 0.5) is 0 Å². The average Bonchev–Trinajstić information content (AvgIpc) is 2.81. The molecule has 0 amide bonds. The van der Waals surface area contributed by atoms with E-state index in [1.54, 1.807) is 4.68 Å². The summed E-state index contributed by atoms with van der Waals surface area (Å²) in [6.45, 7) is 9.11. The molecule has 21 heavy (non-hydrogen) atoms. The van der Waals surface area contributed by atoms with Crippen molar-refractivity contribution in [2.75, 3.05) is 6.54 Å². The maximum Gasteiger partial charge on any atom is 0.180 e. The van der Waals surface area contributed by atoms with Crippen LogP contribution in [0.1, 0.15) is 31.8 Å². The van der Waals surface area contributed by atoms with Crippen LogP contribution in [-0.2, 0) is 20.1 Å². The van der Waals surface area contributed by atoms with Gasteiger partial charge in [0.25, 0.3) is 0 Å². The number of fused-ring (bicyclic) bond motifs is 1. The van der Waals surface area contributed by atoms with Crippen LogP contribution in [-0.4, -0.2) is 42.0 Å². The SMILES string of the molecule is Cc1nc(-c2nn3c(c2Cl)CN(C(C)C)CCC3)n(C)n1. The van der Waals surface area contributed by atoms with Gasteiger partial charge in [-0.15, -0.1) is 0 Å². The fourth-order valence-corrected chi connectivity index (χ4v) is 3.09. The summed E-state index contributed by atoms with van der Waals surface area (Å²) in [5.74, 6) is 1.46. The number of aromatic nitrogens is 5. The third-order valence-electron chi connectivity index (χ3n) is 3.97. The van der Waals surface area contributed by atoms with Crippen molar-refractivity contribution < 1.29 is 0 Å². The van der Waals surface area contributed by atoms with Gasteiger partial charge in [-0.3, -0.25) is 9.58 Å². The topological polar surface area (TPSA) is 51.8 Å². The lowest BCUT2D eigenvalue weighted by Gasteiger charge is -2.23. The molecule has 3 heterocycles. The fourth-order valence-electron chi connectivity index (χ4n) is 2.81. The minimum Gasteiger partial charge on any atom is -0.295 e. The maximum atomic E-state index is 6.61. The van der Waals surface area contributed by atoms with E-state index in [1.807, 2.05) is 18.7 Å². The zero-order chi connectivity index (χ0) is 15.1. The zero-order valence-electron chi connectivity index (χ0n) is 13.0. The molecule has 1 aliphatic heterocycles. The summed E-state index contributed by atoms with van der Waals surface area (Å²) in [6.07, 6.45) is 1.08.